The van der Waals surface area contributed by atoms with Gasteiger partial charge < -0.3 is 15.2 Å². The molecule has 0 radical (unpaired) electrons. The molecule has 94 valence electrons. The number of benzene rings is 1. The van der Waals surface area contributed by atoms with Crippen molar-refractivity contribution >= 4 is 5.91 Å². The summed E-state index contributed by atoms with van der Waals surface area (Å²) in [6.45, 7) is 1.90. The fourth-order valence-electron chi connectivity index (χ4n) is 1.48. The average molecular weight is 237 g/mol. The van der Waals surface area contributed by atoms with Crippen molar-refractivity contribution in [1.82, 2.24) is 5.32 Å². The summed E-state index contributed by atoms with van der Waals surface area (Å²) in [7, 11) is 1.61. The number of hydrogen-bond donors (Lipinski definition) is 2. The summed E-state index contributed by atoms with van der Waals surface area (Å²) in [5, 5.41) is 11.8. The molecule has 17 heavy (non-hydrogen) atoms. The van der Waals surface area contributed by atoms with E-state index in [4.69, 9.17) is 9.84 Å². The highest BCUT2D eigenvalue weighted by Crippen LogP contribution is 2.11. The lowest BCUT2D eigenvalue weighted by molar-refractivity contribution is -0.121. The van der Waals surface area contributed by atoms with Gasteiger partial charge in [0.25, 0.3) is 0 Å². The standard InChI is InChI=1S/C13H19NO3/c1-3-11(9-15)14-13(16)8-10-4-6-12(17-2)7-5-10/h4-7,11,15H,3,8-9H2,1-2H3,(H,14,16)/t11-/m1/s1. The van der Waals surface area contributed by atoms with E-state index in [9.17, 15) is 4.79 Å². The van der Waals surface area contributed by atoms with Crippen LogP contribution in [0.2, 0.25) is 0 Å². The van der Waals surface area contributed by atoms with Gasteiger partial charge in [-0.3, -0.25) is 4.79 Å². The van der Waals surface area contributed by atoms with Crippen LogP contribution in [0.4, 0.5) is 0 Å². The molecule has 0 saturated heterocycles. The van der Waals surface area contributed by atoms with Crippen LogP contribution in [0.1, 0.15) is 18.9 Å². The van der Waals surface area contributed by atoms with Crippen molar-refractivity contribution in [3.05, 3.63) is 29.8 Å². The predicted octanol–water partition coefficient (Wildman–Crippen LogP) is 1.12. The van der Waals surface area contributed by atoms with E-state index < -0.39 is 0 Å². The lowest BCUT2D eigenvalue weighted by Gasteiger charge is -2.13. The van der Waals surface area contributed by atoms with Gasteiger partial charge in [-0.05, 0) is 24.1 Å². The normalized spacial score (nSPS) is 11.9. The lowest BCUT2D eigenvalue weighted by Crippen LogP contribution is -2.37. The molecular weight excluding hydrogens is 218 g/mol. The molecule has 1 rings (SSSR count). The van der Waals surface area contributed by atoms with Crippen molar-refractivity contribution in [3.63, 3.8) is 0 Å². The monoisotopic (exact) mass is 237 g/mol. The molecule has 0 aliphatic carbocycles. The van der Waals surface area contributed by atoms with Gasteiger partial charge in [-0.2, -0.15) is 0 Å². The van der Waals surface area contributed by atoms with Gasteiger partial charge in [0.05, 0.1) is 26.2 Å². The number of aliphatic hydroxyl groups is 1. The van der Waals surface area contributed by atoms with E-state index in [2.05, 4.69) is 5.32 Å². The molecule has 0 saturated carbocycles. The van der Waals surface area contributed by atoms with Crippen LogP contribution in [-0.4, -0.2) is 30.8 Å². The number of carbonyl (C=O) groups is 1. The number of hydrogen-bond acceptors (Lipinski definition) is 3. The minimum absolute atomic E-state index is 0.0230. The van der Waals surface area contributed by atoms with Gasteiger partial charge in [0.15, 0.2) is 0 Å². The van der Waals surface area contributed by atoms with Gasteiger partial charge in [-0.15, -0.1) is 0 Å². The summed E-state index contributed by atoms with van der Waals surface area (Å²) >= 11 is 0. The second kappa shape index (κ2) is 6.91. The highest BCUT2D eigenvalue weighted by molar-refractivity contribution is 5.78. The largest absolute Gasteiger partial charge is 0.497 e. The fourth-order valence-corrected chi connectivity index (χ4v) is 1.48. The van der Waals surface area contributed by atoms with Gasteiger partial charge in [-0.25, -0.2) is 0 Å². The van der Waals surface area contributed by atoms with Crippen molar-refractivity contribution in [2.45, 2.75) is 25.8 Å². The number of ether oxygens (including phenoxy) is 1. The molecule has 0 unspecified atom stereocenters. The Bertz CT molecular complexity index is 344. The van der Waals surface area contributed by atoms with Gasteiger partial charge in [-0.1, -0.05) is 19.1 Å². The molecule has 2 N–H and O–H groups in total. The highest BCUT2D eigenvalue weighted by Gasteiger charge is 2.09. The van der Waals surface area contributed by atoms with Crippen molar-refractivity contribution in [1.29, 1.82) is 0 Å². The summed E-state index contributed by atoms with van der Waals surface area (Å²) in [6.07, 6.45) is 1.05. The molecule has 1 amide bonds. The van der Waals surface area contributed by atoms with E-state index in [0.29, 0.717) is 6.42 Å². The van der Waals surface area contributed by atoms with E-state index in [1.54, 1.807) is 7.11 Å². The van der Waals surface area contributed by atoms with Crippen molar-refractivity contribution in [3.8, 4) is 5.75 Å². The quantitative estimate of drug-likeness (QED) is 0.779. The molecular formula is C13H19NO3. The molecule has 0 aliphatic rings. The summed E-state index contributed by atoms with van der Waals surface area (Å²) in [5.41, 5.74) is 0.927. The lowest BCUT2D eigenvalue weighted by atomic mass is 10.1. The maximum atomic E-state index is 11.6. The second-order valence-corrected chi connectivity index (χ2v) is 3.88. The third kappa shape index (κ3) is 4.44. The molecule has 0 aromatic heterocycles. The Morgan fingerprint density at radius 1 is 1.41 bits per heavy atom. The van der Waals surface area contributed by atoms with Gasteiger partial charge in [0.1, 0.15) is 5.75 Å². The Kier molecular flexibility index (Phi) is 5.49. The zero-order valence-corrected chi connectivity index (χ0v) is 10.3. The van der Waals surface area contributed by atoms with Crippen LogP contribution in [-0.2, 0) is 11.2 Å². The van der Waals surface area contributed by atoms with E-state index in [1.165, 1.54) is 0 Å². The minimum atomic E-state index is -0.152. The average Bonchev–Trinajstić information content (AvgIpc) is 2.37. The molecule has 4 nitrogen and oxygen atoms in total. The fraction of sp³-hybridized carbons (Fsp3) is 0.462. The molecule has 0 heterocycles. The van der Waals surface area contributed by atoms with Crippen LogP contribution in [0, 0.1) is 0 Å². The van der Waals surface area contributed by atoms with Crippen LogP contribution in [0.25, 0.3) is 0 Å². The number of rotatable bonds is 6. The third-order valence-corrected chi connectivity index (χ3v) is 2.60. The van der Waals surface area contributed by atoms with Crippen LogP contribution >= 0.6 is 0 Å². The molecule has 4 heteroatoms. The van der Waals surface area contributed by atoms with Gasteiger partial charge in [0, 0.05) is 0 Å². The van der Waals surface area contributed by atoms with Crippen LogP contribution < -0.4 is 10.1 Å². The first-order valence-corrected chi connectivity index (χ1v) is 5.72. The zero-order chi connectivity index (χ0) is 12.7. The third-order valence-electron chi connectivity index (χ3n) is 2.60. The Labute approximate surface area is 102 Å². The Balaban J connectivity index is 2.49. The van der Waals surface area contributed by atoms with E-state index in [1.807, 2.05) is 31.2 Å². The van der Waals surface area contributed by atoms with E-state index in [0.717, 1.165) is 17.7 Å². The SMILES string of the molecule is CC[C@H](CO)NC(=O)Cc1ccc(OC)cc1. The van der Waals surface area contributed by atoms with E-state index in [-0.39, 0.29) is 18.6 Å². The molecule has 0 bridgehead atoms. The Morgan fingerprint density at radius 2 is 2.06 bits per heavy atom. The van der Waals surface area contributed by atoms with Crippen LogP contribution in [0.3, 0.4) is 0 Å². The Hall–Kier alpha value is -1.55. The summed E-state index contributed by atoms with van der Waals surface area (Å²) in [6, 6.07) is 7.22. The Morgan fingerprint density at radius 3 is 2.53 bits per heavy atom. The number of aliphatic hydroxyl groups excluding tert-OH is 1. The topological polar surface area (TPSA) is 58.6 Å². The van der Waals surface area contributed by atoms with Gasteiger partial charge >= 0.3 is 0 Å². The number of methoxy groups -OCH3 is 1. The number of amides is 1. The second-order valence-electron chi connectivity index (χ2n) is 3.88. The number of carbonyl (C=O) groups excluding carboxylic acids is 1. The van der Waals surface area contributed by atoms with Crippen LogP contribution in [0.15, 0.2) is 24.3 Å². The summed E-state index contributed by atoms with van der Waals surface area (Å²) in [4.78, 5) is 11.6. The maximum Gasteiger partial charge on any atom is 0.224 e. The predicted molar refractivity (Wildman–Crippen MR) is 66.0 cm³/mol. The molecule has 1 aromatic carbocycles. The summed E-state index contributed by atoms with van der Waals surface area (Å²) in [5.74, 6) is 0.701. The number of nitrogens with one attached hydrogen (secondary N) is 1. The maximum absolute atomic E-state index is 11.6. The highest BCUT2D eigenvalue weighted by atomic mass is 16.5. The van der Waals surface area contributed by atoms with Crippen molar-refractivity contribution < 1.29 is 14.6 Å². The zero-order valence-electron chi connectivity index (χ0n) is 10.3. The van der Waals surface area contributed by atoms with Crippen molar-refractivity contribution in [2.24, 2.45) is 0 Å². The van der Waals surface area contributed by atoms with Gasteiger partial charge in [0.2, 0.25) is 5.91 Å². The first-order valence-electron chi connectivity index (χ1n) is 5.72. The van der Waals surface area contributed by atoms with E-state index >= 15 is 0 Å². The molecule has 0 fully saturated rings. The molecule has 1 aromatic rings. The first kappa shape index (κ1) is 13.5. The smallest absolute Gasteiger partial charge is 0.224 e. The molecule has 1 atom stereocenters. The molecule has 0 spiro atoms. The van der Waals surface area contributed by atoms with Crippen LogP contribution in [0.5, 0.6) is 5.75 Å². The van der Waals surface area contributed by atoms with Crippen molar-refractivity contribution in [2.75, 3.05) is 13.7 Å². The molecule has 0 aliphatic heterocycles. The summed E-state index contributed by atoms with van der Waals surface area (Å²) < 4.78 is 5.04. The minimum Gasteiger partial charge on any atom is -0.497 e. The first-order chi connectivity index (χ1) is 8.19.